The van der Waals surface area contributed by atoms with Gasteiger partial charge in [0.2, 0.25) is 5.91 Å². The van der Waals surface area contributed by atoms with Gasteiger partial charge in [-0.2, -0.15) is 0 Å². The van der Waals surface area contributed by atoms with Crippen molar-refractivity contribution in [2.75, 3.05) is 24.1 Å². The van der Waals surface area contributed by atoms with E-state index in [2.05, 4.69) is 41.0 Å². The van der Waals surface area contributed by atoms with Crippen molar-refractivity contribution in [2.45, 2.75) is 40.0 Å². The fourth-order valence-corrected chi connectivity index (χ4v) is 4.41. The zero-order valence-corrected chi connectivity index (χ0v) is 22.1. The SMILES string of the molecule is CC(C)(C)CC(=O)N1CCC[C@@H](CNC(/N=C(\N)c2c[nH]c3ncc(Cl)cc23)=C(\F)CI)C1. The number of carbonyl (C=O) groups excluding carboxylic acids is 1. The summed E-state index contributed by atoms with van der Waals surface area (Å²) in [5.74, 6) is 0.288. The van der Waals surface area contributed by atoms with E-state index in [4.69, 9.17) is 17.3 Å². The zero-order valence-electron chi connectivity index (χ0n) is 19.2. The number of aromatic nitrogens is 2. The molecule has 7 nitrogen and oxygen atoms in total. The van der Waals surface area contributed by atoms with E-state index in [1.54, 1.807) is 18.5 Å². The molecule has 180 valence electrons. The molecule has 3 rings (SSSR count). The van der Waals surface area contributed by atoms with Crippen molar-refractivity contribution in [1.82, 2.24) is 20.2 Å². The van der Waals surface area contributed by atoms with Crippen molar-refractivity contribution in [3.63, 3.8) is 0 Å². The van der Waals surface area contributed by atoms with Gasteiger partial charge in [-0.1, -0.05) is 55.0 Å². The maximum absolute atomic E-state index is 14.7. The van der Waals surface area contributed by atoms with Crippen LogP contribution in [-0.4, -0.2) is 50.7 Å². The Labute approximate surface area is 212 Å². The number of carbonyl (C=O) groups is 1. The molecular formula is C23H31ClFIN6O. The Morgan fingerprint density at radius 1 is 1.48 bits per heavy atom. The first-order valence-electron chi connectivity index (χ1n) is 11.0. The smallest absolute Gasteiger partial charge is 0.223 e. The fourth-order valence-electron chi connectivity index (χ4n) is 3.89. The van der Waals surface area contributed by atoms with Gasteiger partial charge >= 0.3 is 0 Å². The number of halogens is 3. The Bertz CT molecular complexity index is 1060. The van der Waals surface area contributed by atoms with Crippen molar-refractivity contribution in [3.05, 3.63) is 40.7 Å². The number of H-pyrrole nitrogens is 1. The van der Waals surface area contributed by atoms with Crippen LogP contribution >= 0.6 is 34.2 Å². The quantitative estimate of drug-likeness (QED) is 0.188. The Hall–Kier alpha value is -1.88. The number of amides is 1. The van der Waals surface area contributed by atoms with Crippen LogP contribution in [-0.2, 0) is 4.79 Å². The fraction of sp³-hybridized carbons (Fsp3) is 0.522. The number of allylic oxidation sites excluding steroid dienone is 1. The average Bonchev–Trinajstić information content (AvgIpc) is 3.18. The van der Waals surface area contributed by atoms with Crippen molar-refractivity contribution < 1.29 is 9.18 Å². The summed E-state index contributed by atoms with van der Waals surface area (Å²) in [6.45, 7) is 8.15. The van der Waals surface area contributed by atoms with Gasteiger partial charge in [-0.05, 0) is 30.2 Å². The number of likely N-dealkylation sites (tertiary alicyclic amines) is 1. The molecular weight excluding hydrogens is 558 g/mol. The molecule has 0 aliphatic carbocycles. The van der Waals surface area contributed by atoms with Crippen LogP contribution in [0.2, 0.25) is 5.02 Å². The molecule has 10 heteroatoms. The molecule has 0 radical (unpaired) electrons. The van der Waals surface area contributed by atoms with Crippen LogP contribution in [0.3, 0.4) is 0 Å². The van der Waals surface area contributed by atoms with Gasteiger partial charge in [-0.15, -0.1) is 0 Å². The van der Waals surface area contributed by atoms with Crippen LogP contribution in [0, 0.1) is 11.3 Å². The van der Waals surface area contributed by atoms with E-state index in [1.807, 2.05) is 27.5 Å². The van der Waals surface area contributed by atoms with Gasteiger partial charge in [0, 0.05) is 49.4 Å². The Morgan fingerprint density at radius 3 is 2.94 bits per heavy atom. The van der Waals surface area contributed by atoms with E-state index in [-0.39, 0.29) is 39.2 Å². The lowest BCUT2D eigenvalue weighted by molar-refractivity contribution is -0.134. The number of aromatic amines is 1. The number of pyridine rings is 1. The Kier molecular flexibility index (Phi) is 8.60. The number of nitrogens with zero attached hydrogens (tertiary/aromatic N) is 3. The van der Waals surface area contributed by atoms with Crippen LogP contribution in [0.1, 0.15) is 45.6 Å². The number of fused-ring (bicyclic) bond motifs is 1. The van der Waals surface area contributed by atoms with Crippen LogP contribution < -0.4 is 11.1 Å². The van der Waals surface area contributed by atoms with Crippen LogP contribution in [0.5, 0.6) is 0 Å². The summed E-state index contributed by atoms with van der Waals surface area (Å²) < 4.78 is 14.8. The summed E-state index contributed by atoms with van der Waals surface area (Å²) in [5, 5.41) is 4.34. The minimum atomic E-state index is -0.383. The number of amidine groups is 1. The summed E-state index contributed by atoms with van der Waals surface area (Å²) >= 11 is 8.02. The number of nitrogens with two attached hydrogens (primary N) is 1. The van der Waals surface area contributed by atoms with Gasteiger partial charge in [0.05, 0.1) is 9.45 Å². The lowest BCUT2D eigenvalue weighted by atomic mass is 9.90. The van der Waals surface area contributed by atoms with Gasteiger partial charge in [0.1, 0.15) is 11.5 Å². The lowest BCUT2D eigenvalue weighted by Gasteiger charge is -2.34. The highest BCUT2D eigenvalue weighted by Crippen LogP contribution is 2.24. The second kappa shape index (κ2) is 11.0. The van der Waals surface area contributed by atoms with Crippen molar-refractivity contribution >= 4 is 57.0 Å². The lowest BCUT2D eigenvalue weighted by Crippen LogP contribution is -2.43. The number of rotatable bonds is 7. The predicted molar refractivity (Wildman–Crippen MR) is 140 cm³/mol. The molecule has 0 unspecified atom stereocenters. The third-order valence-corrected chi connectivity index (χ3v) is 6.37. The minimum absolute atomic E-state index is 0.0456. The first-order chi connectivity index (χ1) is 15.6. The molecule has 1 amide bonds. The number of hydrogen-bond acceptors (Lipinski definition) is 4. The molecule has 0 spiro atoms. The standard InChI is InChI=1S/C23H31ClFIN6O/c1-23(2,3)8-19(33)32-6-4-5-14(13-32)10-28-22(18(25)9-26)31-20(27)17-12-30-21-16(17)7-15(24)11-29-21/h7,11-12,14,28H,4-6,8-10,13H2,1-3H3,(H2,27,31)(H,29,30)/b22-18+/t14-/m0/s1. The van der Waals surface area contributed by atoms with E-state index < -0.39 is 0 Å². The topological polar surface area (TPSA) is 99.4 Å². The molecule has 1 saturated heterocycles. The summed E-state index contributed by atoms with van der Waals surface area (Å²) in [4.78, 5) is 26.2. The molecule has 1 fully saturated rings. The molecule has 0 saturated carbocycles. The Balaban J connectivity index is 1.71. The van der Waals surface area contributed by atoms with Crippen LogP contribution in [0.15, 0.2) is 35.1 Å². The molecule has 2 aromatic rings. The molecule has 2 aromatic heterocycles. The van der Waals surface area contributed by atoms with Gasteiger partial charge in [-0.25, -0.2) is 14.4 Å². The third-order valence-electron chi connectivity index (χ3n) is 5.49. The van der Waals surface area contributed by atoms with E-state index in [1.165, 1.54) is 0 Å². The number of hydrogen-bond donors (Lipinski definition) is 3. The number of nitrogens with one attached hydrogen (secondary N) is 2. The maximum Gasteiger partial charge on any atom is 0.223 e. The van der Waals surface area contributed by atoms with Gasteiger partial charge in [0.25, 0.3) is 0 Å². The van der Waals surface area contributed by atoms with Crippen LogP contribution in [0.25, 0.3) is 11.0 Å². The zero-order chi connectivity index (χ0) is 24.2. The summed E-state index contributed by atoms with van der Waals surface area (Å²) in [6.07, 6.45) is 5.65. The third kappa shape index (κ3) is 7.05. The maximum atomic E-state index is 14.7. The summed E-state index contributed by atoms with van der Waals surface area (Å²) in [5.41, 5.74) is 7.43. The Morgan fingerprint density at radius 2 is 2.24 bits per heavy atom. The van der Waals surface area contributed by atoms with Crippen molar-refractivity contribution in [2.24, 2.45) is 22.1 Å². The molecule has 3 heterocycles. The molecule has 0 bridgehead atoms. The molecule has 4 N–H and O–H groups in total. The molecule has 1 atom stereocenters. The van der Waals surface area contributed by atoms with E-state index in [0.717, 1.165) is 24.8 Å². The van der Waals surface area contributed by atoms with Gasteiger partial charge in [0.15, 0.2) is 11.6 Å². The number of alkyl halides is 1. The van der Waals surface area contributed by atoms with Crippen molar-refractivity contribution in [1.29, 1.82) is 0 Å². The molecule has 33 heavy (non-hydrogen) atoms. The first-order valence-corrected chi connectivity index (χ1v) is 12.9. The predicted octanol–water partition coefficient (Wildman–Crippen LogP) is 4.76. The van der Waals surface area contributed by atoms with Gasteiger partial charge < -0.3 is 20.9 Å². The summed E-state index contributed by atoms with van der Waals surface area (Å²) in [6, 6.07) is 1.74. The first kappa shape index (κ1) is 25.7. The minimum Gasteiger partial charge on any atom is -0.383 e. The second-order valence-corrected chi connectivity index (χ2v) is 10.8. The number of aliphatic imine (C=N–C) groups is 1. The van der Waals surface area contributed by atoms with Gasteiger partial charge in [-0.3, -0.25) is 4.79 Å². The highest BCUT2D eigenvalue weighted by Gasteiger charge is 2.26. The van der Waals surface area contributed by atoms with E-state index in [0.29, 0.717) is 35.7 Å². The molecule has 1 aliphatic heterocycles. The highest BCUT2D eigenvalue weighted by atomic mass is 127. The monoisotopic (exact) mass is 588 g/mol. The molecule has 0 aromatic carbocycles. The highest BCUT2D eigenvalue weighted by molar-refractivity contribution is 14.1. The molecule has 1 aliphatic rings. The summed E-state index contributed by atoms with van der Waals surface area (Å²) in [7, 11) is 0. The average molecular weight is 589 g/mol. The normalized spacial score (nSPS) is 18.4. The van der Waals surface area contributed by atoms with E-state index >= 15 is 0 Å². The van der Waals surface area contributed by atoms with Crippen molar-refractivity contribution in [3.8, 4) is 0 Å². The van der Waals surface area contributed by atoms with Crippen LogP contribution in [0.4, 0.5) is 4.39 Å². The number of piperidine rings is 1. The second-order valence-electron chi connectivity index (χ2n) is 9.60. The van der Waals surface area contributed by atoms with E-state index in [9.17, 15) is 9.18 Å². The largest absolute Gasteiger partial charge is 0.383 e.